The zero-order chi connectivity index (χ0) is 11.5. The number of halogens is 3. The largest absolute Gasteiger partial charge is 0.450 e. The molecule has 16 heavy (non-hydrogen) atoms. The van der Waals surface area contributed by atoms with Crippen LogP contribution >= 0.6 is 22.6 Å². The molecule has 1 heterocycles. The summed E-state index contributed by atoms with van der Waals surface area (Å²) in [6, 6.07) is 5.60. The van der Waals surface area contributed by atoms with Crippen molar-refractivity contribution in [2.45, 2.75) is 0 Å². The molecule has 0 atom stereocenters. The van der Waals surface area contributed by atoms with E-state index >= 15 is 0 Å². The lowest BCUT2D eigenvalue weighted by atomic mass is 10.3. The smallest absolute Gasteiger partial charge is 0.198 e. The van der Waals surface area contributed by atoms with E-state index in [1.54, 1.807) is 18.3 Å². The van der Waals surface area contributed by atoms with Crippen LogP contribution in [0.5, 0.6) is 11.5 Å². The minimum Gasteiger partial charge on any atom is -0.450 e. The fraction of sp³-hybridized carbons (Fsp3) is 0. The van der Waals surface area contributed by atoms with E-state index in [2.05, 4.69) is 4.98 Å². The van der Waals surface area contributed by atoms with Crippen LogP contribution in [0.1, 0.15) is 0 Å². The van der Waals surface area contributed by atoms with E-state index in [1.165, 1.54) is 18.3 Å². The molecule has 1 aromatic heterocycles. The molecule has 0 saturated carbocycles. The Hall–Kier alpha value is -1.24. The van der Waals surface area contributed by atoms with Crippen LogP contribution in [0, 0.1) is 15.2 Å². The van der Waals surface area contributed by atoms with Gasteiger partial charge in [-0.1, -0.05) is 0 Å². The van der Waals surface area contributed by atoms with Crippen molar-refractivity contribution in [1.82, 2.24) is 4.98 Å². The summed E-state index contributed by atoms with van der Waals surface area (Å²) < 4.78 is 32.4. The van der Waals surface area contributed by atoms with E-state index in [-0.39, 0.29) is 0 Å². The van der Waals surface area contributed by atoms with E-state index in [4.69, 9.17) is 4.74 Å². The van der Waals surface area contributed by atoms with Gasteiger partial charge in [-0.2, -0.15) is 0 Å². The number of nitrogens with zero attached hydrogens (tertiary/aromatic N) is 1. The molecule has 0 aliphatic carbocycles. The lowest BCUT2D eigenvalue weighted by molar-refractivity contribution is 0.405. The zero-order valence-electron chi connectivity index (χ0n) is 7.95. The van der Waals surface area contributed by atoms with E-state index in [1.807, 2.05) is 22.6 Å². The third kappa shape index (κ3) is 2.46. The Balaban J connectivity index is 2.35. The molecule has 1 aromatic carbocycles. The Morgan fingerprint density at radius 3 is 2.44 bits per heavy atom. The molecule has 0 aliphatic rings. The average Bonchev–Trinajstić information content (AvgIpc) is 2.25. The second-order valence-corrected chi connectivity index (χ2v) is 4.23. The van der Waals surface area contributed by atoms with Crippen molar-refractivity contribution in [3.05, 3.63) is 51.9 Å². The van der Waals surface area contributed by atoms with Gasteiger partial charge in [0.25, 0.3) is 0 Å². The summed E-state index contributed by atoms with van der Waals surface area (Å²) >= 11 is 1.83. The summed E-state index contributed by atoms with van der Waals surface area (Å²) in [5, 5.41) is 0. The molecule has 0 unspecified atom stereocenters. The van der Waals surface area contributed by atoms with Crippen LogP contribution in [0.3, 0.4) is 0 Å². The van der Waals surface area contributed by atoms with Gasteiger partial charge in [-0.15, -0.1) is 0 Å². The SMILES string of the molecule is Fc1cc(I)cc(F)c1Oc1cccnc1. The summed E-state index contributed by atoms with van der Waals surface area (Å²) in [5.74, 6) is -1.57. The lowest BCUT2D eigenvalue weighted by Crippen LogP contribution is -1.93. The van der Waals surface area contributed by atoms with Crippen LogP contribution in [0.25, 0.3) is 0 Å². The summed E-state index contributed by atoms with van der Waals surface area (Å²) in [5.41, 5.74) is 0. The van der Waals surface area contributed by atoms with Crippen molar-refractivity contribution in [2.24, 2.45) is 0 Å². The number of pyridine rings is 1. The molecule has 0 aliphatic heterocycles. The Morgan fingerprint density at radius 1 is 1.19 bits per heavy atom. The van der Waals surface area contributed by atoms with Gasteiger partial charge in [0, 0.05) is 9.77 Å². The number of rotatable bonds is 2. The van der Waals surface area contributed by atoms with Crippen LogP contribution < -0.4 is 4.74 Å². The van der Waals surface area contributed by atoms with Crippen molar-refractivity contribution in [3.63, 3.8) is 0 Å². The monoisotopic (exact) mass is 333 g/mol. The second kappa shape index (κ2) is 4.73. The Bertz CT molecular complexity index is 482. The Labute approximate surface area is 104 Å². The van der Waals surface area contributed by atoms with Gasteiger partial charge in [-0.25, -0.2) is 8.78 Å². The number of ether oxygens (including phenoxy) is 1. The first-order valence-corrected chi connectivity index (χ1v) is 5.47. The molecule has 2 nitrogen and oxygen atoms in total. The maximum absolute atomic E-state index is 13.4. The minimum absolute atomic E-state index is 0.293. The maximum Gasteiger partial charge on any atom is 0.198 e. The van der Waals surface area contributed by atoms with Gasteiger partial charge in [0.05, 0.1) is 6.20 Å². The van der Waals surface area contributed by atoms with Gasteiger partial charge in [0.15, 0.2) is 17.4 Å². The molecule has 0 bridgehead atoms. The normalized spacial score (nSPS) is 10.2. The summed E-state index contributed by atoms with van der Waals surface area (Å²) in [7, 11) is 0. The molecule has 2 rings (SSSR count). The minimum atomic E-state index is -0.728. The molecule has 5 heteroatoms. The first-order valence-electron chi connectivity index (χ1n) is 4.39. The third-order valence-electron chi connectivity index (χ3n) is 1.82. The van der Waals surface area contributed by atoms with Crippen molar-refractivity contribution < 1.29 is 13.5 Å². The van der Waals surface area contributed by atoms with E-state index in [0.29, 0.717) is 9.32 Å². The second-order valence-electron chi connectivity index (χ2n) is 2.99. The molecular weight excluding hydrogens is 327 g/mol. The van der Waals surface area contributed by atoms with Crippen molar-refractivity contribution in [2.75, 3.05) is 0 Å². The molecular formula is C11H6F2INO. The molecule has 82 valence electrons. The van der Waals surface area contributed by atoms with Crippen molar-refractivity contribution >= 4 is 22.6 Å². The predicted octanol–water partition coefficient (Wildman–Crippen LogP) is 3.76. The van der Waals surface area contributed by atoms with Crippen LogP contribution in [0.2, 0.25) is 0 Å². The van der Waals surface area contributed by atoms with Gasteiger partial charge >= 0.3 is 0 Å². The highest BCUT2D eigenvalue weighted by Gasteiger charge is 2.12. The standard InChI is InChI=1S/C11H6F2INO/c12-9-4-7(14)5-10(13)11(9)16-8-2-1-3-15-6-8/h1-6H. The number of aromatic nitrogens is 1. The van der Waals surface area contributed by atoms with Crippen LogP contribution in [0.15, 0.2) is 36.7 Å². The van der Waals surface area contributed by atoms with Gasteiger partial charge in [-0.3, -0.25) is 4.98 Å². The molecule has 0 saturated heterocycles. The van der Waals surface area contributed by atoms with Crippen molar-refractivity contribution in [1.29, 1.82) is 0 Å². The Kier molecular flexibility index (Phi) is 3.33. The fourth-order valence-electron chi connectivity index (χ4n) is 1.15. The average molecular weight is 333 g/mol. The third-order valence-corrected chi connectivity index (χ3v) is 2.44. The Morgan fingerprint density at radius 2 is 1.88 bits per heavy atom. The molecule has 0 fully saturated rings. The molecule has 0 radical (unpaired) electrons. The van der Waals surface area contributed by atoms with E-state index < -0.39 is 17.4 Å². The van der Waals surface area contributed by atoms with Gasteiger partial charge in [0.1, 0.15) is 5.75 Å². The first kappa shape index (κ1) is 11.3. The highest BCUT2D eigenvalue weighted by atomic mass is 127. The molecule has 2 aromatic rings. The summed E-state index contributed by atoms with van der Waals surface area (Å²) in [6.07, 6.45) is 2.93. The number of hydrogen-bond acceptors (Lipinski definition) is 2. The van der Waals surface area contributed by atoms with Crippen LogP contribution in [0.4, 0.5) is 8.78 Å². The van der Waals surface area contributed by atoms with E-state index in [9.17, 15) is 8.78 Å². The molecule has 0 amide bonds. The number of hydrogen-bond donors (Lipinski definition) is 0. The molecule has 0 spiro atoms. The topological polar surface area (TPSA) is 22.1 Å². The maximum atomic E-state index is 13.4. The molecule has 0 N–H and O–H groups in total. The van der Waals surface area contributed by atoms with E-state index in [0.717, 1.165) is 0 Å². The fourth-order valence-corrected chi connectivity index (χ4v) is 1.70. The predicted molar refractivity (Wildman–Crippen MR) is 63.4 cm³/mol. The first-order chi connectivity index (χ1) is 7.66. The quantitative estimate of drug-likeness (QED) is 0.781. The van der Waals surface area contributed by atoms with Crippen LogP contribution in [-0.4, -0.2) is 4.98 Å². The van der Waals surface area contributed by atoms with Crippen molar-refractivity contribution in [3.8, 4) is 11.5 Å². The summed E-state index contributed by atoms with van der Waals surface area (Å²) in [4.78, 5) is 3.79. The zero-order valence-corrected chi connectivity index (χ0v) is 10.1. The summed E-state index contributed by atoms with van der Waals surface area (Å²) in [6.45, 7) is 0. The lowest BCUT2D eigenvalue weighted by Gasteiger charge is -2.07. The van der Waals surface area contributed by atoms with Crippen LogP contribution in [-0.2, 0) is 0 Å². The van der Waals surface area contributed by atoms with Gasteiger partial charge < -0.3 is 4.74 Å². The number of benzene rings is 1. The van der Waals surface area contributed by atoms with Gasteiger partial charge in [-0.05, 0) is 46.9 Å². The van der Waals surface area contributed by atoms with Gasteiger partial charge in [0.2, 0.25) is 0 Å². The highest BCUT2D eigenvalue weighted by molar-refractivity contribution is 14.1. The highest BCUT2D eigenvalue weighted by Crippen LogP contribution is 2.28.